The first-order valence-corrected chi connectivity index (χ1v) is 5.09. The van der Waals surface area contributed by atoms with Crippen LogP contribution >= 0.6 is 0 Å². The fraction of sp³-hybridized carbons (Fsp3) is 1.00. The standard InChI is InChI=1S/C11H25N/c1-7-8-9-12(6)10(2)11(3,4)5/h10H,7-9H2,1-6H3. The van der Waals surface area contributed by atoms with Gasteiger partial charge in [-0.1, -0.05) is 34.1 Å². The predicted octanol–water partition coefficient (Wildman–Crippen LogP) is 3.15. The molecule has 0 saturated heterocycles. The van der Waals surface area contributed by atoms with Crippen LogP contribution in [0.15, 0.2) is 0 Å². The van der Waals surface area contributed by atoms with Crippen molar-refractivity contribution in [2.45, 2.75) is 53.5 Å². The second kappa shape index (κ2) is 4.86. The van der Waals surface area contributed by atoms with Crippen LogP contribution in [0.5, 0.6) is 0 Å². The third kappa shape index (κ3) is 4.10. The summed E-state index contributed by atoms with van der Waals surface area (Å²) in [5.41, 5.74) is 0.405. The molecule has 0 saturated carbocycles. The molecular weight excluding hydrogens is 146 g/mol. The Morgan fingerprint density at radius 1 is 1.25 bits per heavy atom. The summed E-state index contributed by atoms with van der Waals surface area (Å²) < 4.78 is 0. The average Bonchev–Trinajstić information content (AvgIpc) is 1.97. The van der Waals surface area contributed by atoms with Crippen LogP contribution < -0.4 is 0 Å². The van der Waals surface area contributed by atoms with Gasteiger partial charge in [-0.05, 0) is 32.4 Å². The highest BCUT2D eigenvalue weighted by atomic mass is 15.1. The molecule has 0 fully saturated rings. The normalized spacial score (nSPS) is 15.2. The van der Waals surface area contributed by atoms with Crippen molar-refractivity contribution in [3.05, 3.63) is 0 Å². The topological polar surface area (TPSA) is 3.24 Å². The first kappa shape index (κ1) is 12.0. The Morgan fingerprint density at radius 3 is 2.08 bits per heavy atom. The van der Waals surface area contributed by atoms with Gasteiger partial charge in [0.2, 0.25) is 0 Å². The van der Waals surface area contributed by atoms with Gasteiger partial charge >= 0.3 is 0 Å². The van der Waals surface area contributed by atoms with Crippen LogP contribution in [0.25, 0.3) is 0 Å². The molecule has 0 aromatic rings. The molecule has 0 aliphatic heterocycles. The van der Waals surface area contributed by atoms with E-state index in [2.05, 4.69) is 46.6 Å². The lowest BCUT2D eigenvalue weighted by Gasteiger charge is -2.35. The van der Waals surface area contributed by atoms with E-state index in [0.29, 0.717) is 11.5 Å². The molecule has 1 atom stereocenters. The predicted molar refractivity (Wildman–Crippen MR) is 56.5 cm³/mol. The number of hydrogen-bond donors (Lipinski definition) is 0. The van der Waals surface area contributed by atoms with Crippen LogP contribution in [0.1, 0.15) is 47.5 Å². The van der Waals surface area contributed by atoms with E-state index in [1.54, 1.807) is 0 Å². The van der Waals surface area contributed by atoms with Gasteiger partial charge in [0.1, 0.15) is 0 Å². The van der Waals surface area contributed by atoms with Gasteiger partial charge in [-0.2, -0.15) is 0 Å². The Labute approximate surface area is 78.1 Å². The van der Waals surface area contributed by atoms with E-state index in [1.807, 2.05) is 0 Å². The van der Waals surface area contributed by atoms with Crippen molar-refractivity contribution in [2.75, 3.05) is 13.6 Å². The molecule has 0 aliphatic rings. The first-order chi connectivity index (χ1) is 5.39. The summed E-state index contributed by atoms with van der Waals surface area (Å²) in [6.45, 7) is 12.7. The van der Waals surface area contributed by atoms with Crippen LogP contribution in [0.2, 0.25) is 0 Å². The smallest absolute Gasteiger partial charge is 0.0112 e. The third-order valence-electron chi connectivity index (χ3n) is 2.78. The van der Waals surface area contributed by atoms with Crippen LogP contribution in [0.4, 0.5) is 0 Å². The molecular formula is C11H25N. The summed E-state index contributed by atoms with van der Waals surface area (Å²) in [6, 6.07) is 0.670. The molecule has 12 heavy (non-hydrogen) atoms. The molecule has 1 heteroatoms. The van der Waals surface area contributed by atoms with Crippen molar-refractivity contribution in [1.82, 2.24) is 4.90 Å². The summed E-state index contributed by atoms with van der Waals surface area (Å²) in [4.78, 5) is 2.46. The number of hydrogen-bond acceptors (Lipinski definition) is 1. The van der Waals surface area contributed by atoms with Crippen molar-refractivity contribution < 1.29 is 0 Å². The Balaban J connectivity index is 3.84. The zero-order chi connectivity index (χ0) is 9.78. The van der Waals surface area contributed by atoms with Gasteiger partial charge in [0, 0.05) is 6.04 Å². The minimum atomic E-state index is 0.405. The highest BCUT2D eigenvalue weighted by Gasteiger charge is 2.22. The lowest BCUT2D eigenvalue weighted by molar-refractivity contribution is 0.139. The maximum atomic E-state index is 2.46. The molecule has 0 spiro atoms. The fourth-order valence-corrected chi connectivity index (χ4v) is 1.26. The molecule has 0 amide bonds. The highest BCUT2D eigenvalue weighted by molar-refractivity contribution is 4.76. The van der Waals surface area contributed by atoms with Crippen LogP contribution in [-0.2, 0) is 0 Å². The van der Waals surface area contributed by atoms with Crippen LogP contribution in [0.3, 0.4) is 0 Å². The molecule has 0 aromatic carbocycles. The van der Waals surface area contributed by atoms with Gasteiger partial charge in [-0.15, -0.1) is 0 Å². The lowest BCUT2D eigenvalue weighted by atomic mass is 9.87. The Morgan fingerprint density at radius 2 is 1.75 bits per heavy atom. The van der Waals surface area contributed by atoms with Crippen molar-refractivity contribution in [3.63, 3.8) is 0 Å². The van der Waals surface area contributed by atoms with Crippen LogP contribution in [-0.4, -0.2) is 24.5 Å². The molecule has 0 heterocycles. The first-order valence-electron chi connectivity index (χ1n) is 5.09. The molecule has 1 nitrogen and oxygen atoms in total. The average molecular weight is 171 g/mol. The Hall–Kier alpha value is -0.0400. The Kier molecular flexibility index (Phi) is 4.84. The van der Waals surface area contributed by atoms with Gasteiger partial charge < -0.3 is 4.90 Å². The van der Waals surface area contributed by atoms with Crippen molar-refractivity contribution in [1.29, 1.82) is 0 Å². The molecule has 0 radical (unpaired) electrons. The second-order valence-electron chi connectivity index (χ2n) is 4.88. The summed E-state index contributed by atoms with van der Waals surface area (Å²) >= 11 is 0. The van der Waals surface area contributed by atoms with Gasteiger partial charge in [0.05, 0.1) is 0 Å². The molecule has 0 aromatic heterocycles. The Bertz CT molecular complexity index is 113. The number of nitrogens with zero attached hydrogens (tertiary/aromatic N) is 1. The maximum Gasteiger partial charge on any atom is 0.0112 e. The number of unbranched alkanes of at least 4 members (excludes halogenated alkanes) is 1. The monoisotopic (exact) mass is 171 g/mol. The molecule has 0 N–H and O–H groups in total. The summed E-state index contributed by atoms with van der Waals surface area (Å²) in [5, 5.41) is 0. The van der Waals surface area contributed by atoms with Crippen molar-refractivity contribution in [2.24, 2.45) is 5.41 Å². The molecule has 74 valence electrons. The molecule has 0 aliphatic carbocycles. The van der Waals surface area contributed by atoms with E-state index < -0.39 is 0 Å². The van der Waals surface area contributed by atoms with E-state index in [9.17, 15) is 0 Å². The minimum Gasteiger partial charge on any atom is -0.303 e. The zero-order valence-electron chi connectivity index (χ0n) is 9.65. The van der Waals surface area contributed by atoms with E-state index >= 15 is 0 Å². The second-order valence-corrected chi connectivity index (χ2v) is 4.88. The third-order valence-corrected chi connectivity index (χ3v) is 2.78. The molecule has 0 rings (SSSR count). The van der Waals surface area contributed by atoms with Gasteiger partial charge in [-0.3, -0.25) is 0 Å². The maximum absolute atomic E-state index is 2.46. The van der Waals surface area contributed by atoms with Crippen molar-refractivity contribution >= 4 is 0 Å². The minimum absolute atomic E-state index is 0.405. The van der Waals surface area contributed by atoms with Gasteiger partial charge in [0.15, 0.2) is 0 Å². The lowest BCUT2D eigenvalue weighted by Crippen LogP contribution is -2.39. The molecule has 0 bridgehead atoms. The van der Waals surface area contributed by atoms with Gasteiger partial charge in [0.25, 0.3) is 0 Å². The van der Waals surface area contributed by atoms with E-state index in [-0.39, 0.29) is 0 Å². The SMILES string of the molecule is CCCCN(C)C(C)C(C)(C)C. The quantitative estimate of drug-likeness (QED) is 0.628. The summed E-state index contributed by atoms with van der Waals surface area (Å²) in [5.74, 6) is 0. The highest BCUT2D eigenvalue weighted by Crippen LogP contribution is 2.22. The fourth-order valence-electron chi connectivity index (χ4n) is 1.26. The van der Waals surface area contributed by atoms with Crippen molar-refractivity contribution in [3.8, 4) is 0 Å². The largest absolute Gasteiger partial charge is 0.303 e. The molecule has 1 unspecified atom stereocenters. The summed E-state index contributed by atoms with van der Waals surface area (Å²) in [7, 11) is 2.23. The van der Waals surface area contributed by atoms with E-state index in [1.165, 1.54) is 19.4 Å². The number of rotatable bonds is 4. The van der Waals surface area contributed by atoms with E-state index in [4.69, 9.17) is 0 Å². The van der Waals surface area contributed by atoms with Gasteiger partial charge in [-0.25, -0.2) is 0 Å². The summed E-state index contributed by atoms with van der Waals surface area (Å²) in [6.07, 6.45) is 2.61. The zero-order valence-corrected chi connectivity index (χ0v) is 9.65. The van der Waals surface area contributed by atoms with Crippen LogP contribution in [0, 0.1) is 5.41 Å². The van der Waals surface area contributed by atoms with E-state index in [0.717, 1.165) is 0 Å².